The van der Waals surface area contributed by atoms with E-state index in [1.165, 1.54) is 76.0 Å². The molecule has 1 saturated heterocycles. The number of nitrogens with zero attached hydrogens (tertiary/aromatic N) is 1. The van der Waals surface area contributed by atoms with Crippen molar-refractivity contribution in [2.75, 3.05) is 12.4 Å². The summed E-state index contributed by atoms with van der Waals surface area (Å²) in [6.07, 6.45) is 13.8. The molecule has 2 saturated carbocycles. The highest BCUT2D eigenvalue weighted by Gasteiger charge is 2.54. The van der Waals surface area contributed by atoms with Gasteiger partial charge < -0.3 is 25.6 Å². The molecule has 2 aliphatic heterocycles. The number of carbonyl (C=O) groups excluding carboxylic acids is 2. The number of carboxylic acid groups (broad SMARTS) is 1. The van der Waals surface area contributed by atoms with Gasteiger partial charge in [0.15, 0.2) is 0 Å². The Bertz CT molecular complexity index is 976. The number of carboxylic acids is 1. The van der Waals surface area contributed by atoms with E-state index in [4.69, 9.17) is 4.74 Å². The van der Waals surface area contributed by atoms with Crippen LogP contribution in [0.15, 0.2) is 41.6 Å². The fourth-order valence-electron chi connectivity index (χ4n) is 5.57. The highest BCUT2D eigenvalue weighted by atomic mass is 32.2. The number of nitrogens with one attached hydrogen (secondary N) is 2. The average molecular weight is 546 g/mol. The van der Waals surface area contributed by atoms with Crippen LogP contribution in [0.3, 0.4) is 0 Å². The summed E-state index contributed by atoms with van der Waals surface area (Å²) in [5.74, 6) is -1.52. The zero-order chi connectivity index (χ0) is 26.9. The summed E-state index contributed by atoms with van der Waals surface area (Å²) in [5.41, 5.74) is 0.897. The summed E-state index contributed by atoms with van der Waals surface area (Å²) < 4.78 is 5.08. The van der Waals surface area contributed by atoms with Crippen LogP contribution < -0.4 is 10.6 Å². The van der Waals surface area contributed by atoms with Crippen molar-refractivity contribution in [2.24, 2.45) is 0 Å². The predicted octanol–water partition coefficient (Wildman–Crippen LogP) is 3.77. The zero-order valence-electron chi connectivity index (χ0n) is 21.8. The maximum absolute atomic E-state index is 12.2. The number of carbonyl (C=O) groups is 3. The molecule has 9 nitrogen and oxygen atoms in total. The number of β-lactam (4-membered cyclic amide) rings is 1. The van der Waals surface area contributed by atoms with Crippen LogP contribution in [0.25, 0.3) is 0 Å². The number of aliphatic carboxylic acids is 1. The number of aliphatic hydroxyl groups is 1. The van der Waals surface area contributed by atoms with E-state index in [0.29, 0.717) is 0 Å². The van der Waals surface area contributed by atoms with Gasteiger partial charge in [-0.2, -0.15) is 0 Å². The predicted molar refractivity (Wildman–Crippen MR) is 145 cm³/mol. The molecule has 208 valence electrons. The van der Waals surface area contributed by atoms with Crippen LogP contribution >= 0.6 is 11.8 Å². The Morgan fingerprint density at radius 2 is 1.58 bits per heavy atom. The highest BCUT2D eigenvalue weighted by Crippen LogP contribution is 2.40. The first-order chi connectivity index (χ1) is 18.5. The number of ether oxygens (including phenoxy) is 1. The topological polar surface area (TPSA) is 128 Å². The first-order valence-corrected chi connectivity index (χ1v) is 14.8. The fraction of sp³-hybridized carbons (Fsp3) is 0.607. The van der Waals surface area contributed by atoms with Crippen molar-refractivity contribution in [3.63, 3.8) is 0 Å². The SMILES string of the molecule is C1CCC(NC2CCCCC2)CC1.O=C(NC1C(=O)N2C(C(=O)O)=C(CO)CS[C@H]12)OCc1ccccc1. The summed E-state index contributed by atoms with van der Waals surface area (Å²) in [4.78, 5) is 36.6. The second kappa shape index (κ2) is 14.0. The number of aliphatic hydroxyl groups excluding tert-OH is 1. The Morgan fingerprint density at radius 3 is 2.13 bits per heavy atom. The molecule has 1 aromatic rings. The number of amides is 2. The van der Waals surface area contributed by atoms with Gasteiger partial charge in [-0.15, -0.1) is 11.8 Å². The van der Waals surface area contributed by atoms with Crippen LogP contribution in [0.4, 0.5) is 4.79 Å². The molecule has 5 rings (SSSR count). The van der Waals surface area contributed by atoms with Gasteiger partial charge >= 0.3 is 12.1 Å². The molecule has 2 amide bonds. The number of thioether (sulfide) groups is 1. The highest BCUT2D eigenvalue weighted by molar-refractivity contribution is 8.00. The van der Waals surface area contributed by atoms with Gasteiger partial charge in [0.25, 0.3) is 5.91 Å². The van der Waals surface area contributed by atoms with Crippen LogP contribution in [-0.4, -0.2) is 68.9 Å². The van der Waals surface area contributed by atoms with Crippen LogP contribution in [0.5, 0.6) is 0 Å². The van der Waals surface area contributed by atoms with Crippen LogP contribution in [-0.2, 0) is 20.9 Å². The second-order valence-electron chi connectivity index (χ2n) is 10.3. The van der Waals surface area contributed by atoms with Gasteiger partial charge in [-0.25, -0.2) is 9.59 Å². The number of hydrogen-bond acceptors (Lipinski definition) is 7. The van der Waals surface area contributed by atoms with E-state index in [1.54, 1.807) is 12.1 Å². The molecule has 0 bridgehead atoms. The van der Waals surface area contributed by atoms with Gasteiger partial charge in [0.1, 0.15) is 23.7 Å². The maximum atomic E-state index is 12.2. The third-order valence-electron chi connectivity index (χ3n) is 7.61. The third kappa shape index (κ3) is 7.30. The van der Waals surface area contributed by atoms with E-state index < -0.39 is 36.0 Å². The minimum absolute atomic E-state index is 0.0735. The van der Waals surface area contributed by atoms with Crippen molar-refractivity contribution >= 4 is 29.7 Å². The van der Waals surface area contributed by atoms with Gasteiger partial charge in [-0.3, -0.25) is 9.69 Å². The number of alkyl carbamates (subject to hydrolysis) is 1. The monoisotopic (exact) mass is 545 g/mol. The molecule has 4 aliphatic rings. The van der Waals surface area contributed by atoms with Gasteiger partial charge in [-0.05, 0) is 36.8 Å². The van der Waals surface area contributed by atoms with Gasteiger partial charge in [0, 0.05) is 17.8 Å². The van der Waals surface area contributed by atoms with E-state index in [9.17, 15) is 24.6 Å². The molecule has 10 heteroatoms. The zero-order valence-corrected chi connectivity index (χ0v) is 22.6. The van der Waals surface area contributed by atoms with Gasteiger partial charge in [0.2, 0.25) is 0 Å². The number of rotatable bonds is 7. The summed E-state index contributed by atoms with van der Waals surface area (Å²) in [5, 5.41) is 24.3. The van der Waals surface area contributed by atoms with E-state index in [-0.39, 0.29) is 23.6 Å². The smallest absolute Gasteiger partial charge is 0.408 e. The largest absolute Gasteiger partial charge is 0.477 e. The fourth-order valence-corrected chi connectivity index (χ4v) is 6.90. The second-order valence-corrected chi connectivity index (χ2v) is 11.5. The van der Waals surface area contributed by atoms with E-state index in [1.807, 2.05) is 18.2 Å². The lowest BCUT2D eigenvalue weighted by Crippen LogP contribution is -2.70. The van der Waals surface area contributed by atoms with Gasteiger partial charge in [-0.1, -0.05) is 68.9 Å². The van der Waals surface area contributed by atoms with Crippen molar-refractivity contribution in [1.82, 2.24) is 15.5 Å². The van der Waals surface area contributed by atoms with Crippen molar-refractivity contribution in [1.29, 1.82) is 0 Å². The maximum Gasteiger partial charge on any atom is 0.408 e. The first kappa shape index (κ1) is 28.4. The van der Waals surface area contributed by atoms with Crippen LogP contribution in [0.2, 0.25) is 0 Å². The Balaban J connectivity index is 0.000000216. The number of benzene rings is 1. The average Bonchev–Trinajstić information content (AvgIpc) is 2.96. The molecule has 1 unspecified atom stereocenters. The Kier molecular flexibility index (Phi) is 10.5. The minimum atomic E-state index is -1.27. The number of fused-ring (bicyclic) bond motifs is 1. The van der Waals surface area contributed by atoms with Crippen molar-refractivity contribution in [3.8, 4) is 0 Å². The molecule has 3 fully saturated rings. The summed E-state index contributed by atoms with van der Waals surface area (Å²) >= 11 is 1.29. The van der Waals surface area contributed by atoms with Crippen LogP contribution in [0, 0.1) is 0 Å². The molecular formula is C28H39N3O6S. The molecule has 1 aromatic carbocycles. The standard InChI is InChI=1S/C16H16N2O6S.C12H23N/c19-6-10-8-25-14-11(13(20)18(14)12(10)15(21)22)17-16(23)24-7-9-4-2-1-3-5-9;1-3-7-11(8-4-1)13-12-9-5-2-6-10-12/h1-5,11,14,19H,6-8H2,(H,17,23)(H,21,22);11-13H,1-10H2/t11?,14-;/m1./s1. The quantitative estimate of drug-likeness (QED) is 0.381. The molecule has 0 spiro atoms. The summed E-state index contributed by atoms with van der Waals surface area (Å²) in [7, 11) is 0. The van der Waals surface area contributed by atoms with Crippen molar-refractivity contribution in [2.45, 2.75) is 94.3 Å². The molecule has 2 heterocycles. The molecule has 0 radical (unpaired) electrons. The van der Waals surface area contributed by atoms with E-state index >= 15 is 0 Å². The first-order valence-electron chi connectivity index (χ1n) is 13.7. The lowest BCUT2D eigenvalue weighted by Gasteiger charge is -2.49. The lowest BCUT2D eigenvalue weighted by atomic mass is 9.91. The third-order valence-corrected chi connectivity index (χ3v) is 8.95. The summed E-state index contributed by atoms with van der Waals surface area (Å²) in [6, 6.07) is 10.0. The molecule has 38 heavy (non-hydrogen) atoms. The van der Waals surface area contributed by atoms with Crippen LogP contribution in [0.1, 0.15) is 69.8 Å². The minimum Gasteiger partial charge on any atom is -0.477 e. The summed E-state index contributed by atoms with van der Waals surface area (Å²) in [6.45, 7) is -0.355. The Morgan fingerprint density at radius 1 is 0.974 bits per heavy atom. The molecule has 0 aromatic heterocycles. The van der Waals surface area contributed by atoms with Gasteiger partial charge in [0.05, 0.1) is 6.61 Å². The molecule has 2 atom stereocenters. The van der Waals surface area contributed by atoms with Crippen molar-refractivity contribution < 1.29 is 29.3 Å². The normalized spacial score (nSPS) is 24.0. The molecular weight excluding hydrogens is 506 g/mol. The Labute approximate surface area is 228 Å². The molecule has 4 N–H and O–H groups in total. The molecule has 2 aliphatic carbocycles. The van der Waals surface area contributed by atoms with Crippen molar-refractivity contribution in [3.05, 3.63) is 47.2 Å². The lowest BCUT2D eigenvalue weighted by molar-refractivity contribution is -0.149. The van der Waals surface area contributed by atoms with E-state index in [2.05, 4.69) is 10.6 Å². The number of hydrogen-bond donors (Lipinski definition) is 4. The Hall–Kier alpha value is -2.56. The van der Waals surface area contributed by atoms with E-state index in [0.717, 1.165) is 22.5 Å².